The Morgan fingerprint density at radius 2 is 1.65 bits per heavy atom. The van der Waals surface area contributed by atoms with E-state index in [9.17, 15) is 9.59 Å². The second-order valence-electron chi connectivity index (χ2n) is 5.79. The molecule has 0 unspecified atom stereocenters. The van der Waals surface area contributed by atoms with Crippen LogP contribution in [0.4, 0.5) is 5.69 Å². The van der Waals surface area contributed by atoms with E-state index in [-0.39, 0.29) is 17.7 Å². The number of carbonyl (C=O) groups is 2. The zero-order valence-corrected chi connectivity index (χ0v) is 13.7. The number of rotatable bonds is 6. The summed E-state index contributed by atoms with van der Waals surface area (Å²) in [5, 5.41) is 6.16. The van der Waals surface area contributed by atoms with Gasteiger partial charge in [-0.3, -0.25) is 14.9 Å². The van der Waals surface area contributed by atoms with Crippen molar-refractivity contribution in [2.24, 2.45) is 0 Å². The molecule has 0 aliphatic heterocycles. The van der Waals surface area contributed by atoms with Crippen LogP contribution in [0.5, 0.6) is 0 Å². The minimum absolute atomic E-state index is 0.0268. The Bertz CT molecular complexity index is 681. The summed E-state index contributed by atoms with van der Waals surface area (Å²) >= 11 is 0. The summed E-state index contributed by atoms with van der Waals surface area (Å²) in [5.74, 6) is -0.174. The van der Waals surface area contributed by atoms with Gasteiger partial charge in [-0.2, -0.15) is 0 Å². The van der Waals surface area contributed by atoms with E-state index in [2.05, 4.69) is 10.6 Å². The molecule has 0 radical (unpaired) electrons. The lowest BCUT2D eigenvalue weighted by Gasteiger charge is -2.21. The van der Waals surface area contributed by atoms with E-state index in [4.69, 9.17) is 0 Å². The van der Waals surface area contributed by atoms with Crippen molar-refractivity contribution in [3.63, 3.8) is 0 Å². The highest BCUT2D eigenvalue weighted by Gasteiger charge is 2.21. The highest BCUT2D eigenvalue weighted by Crippen LogP contribution is 2.18. The molecule has 4 heteroatoms. The van der Waals surface area contributed by atoms with Crippen molar-refractivity contribution in [2.45, 2.75) is 32.9 Å². The fourth-order valence-corrected chi connectivity index (χ4v) is 2.33. The van der Waals surface area contributed by atoms with Crippen molar-refractivity contribution in [2.75, 3.05) is 5.32 Å². The molecule has 0 fully saturated rings. The Kier molecular flexibility index (Phi) is 5.66. The second-order valence-corrected chi connectivity index (χ2v) is 5.79. The van der Waals surface area contributed by atoms with Crippen molar-refractivity contribution < 1.29 is 9.59 Å². The van der Waals surface area contributed by atoms with Crippen LogP contribution in [0.15, 0.2) is 54.6 Å². The van der Waals surface area contributed by atoms with Gasteiger partial charge < -0.3 is 5.32 Å². The molecule has 0 saturated heterocycles. The fourth-order valence-electron chi connectivity index (χ4n) is 2.33. The number of carbonyl (C=O) groups excluding carboxylic acids is 2. The van der Waals surface area contributed by atoms with E-state index < -0.39 is 6.04 Å². The fraction of sp³-hybridized carbons (Fsp3) is 0.263. The zero-order valence-electron chi connectivity index (χ0n) is 13.7. The van der Waals surface area contributed by atoms with Crippen LogP contribution in [0, 0.1) is 0 Å². The lowest BCUT2D eigenvalue weighted by molar-refractivity contribution is -0.118. The molecule has 0 aliphatic carbocycles. The van der Waals surface area contributed by atoms with Crippen molar-refractivity contribution in [1.82, 2.24) is 5.32 Å². The molecule has 1 atom stereocenters. The number of hydrogen-bond donors (Lipinski definition) is 2. The summed E-state index contributed by atoms with van der Waals surface area (Å²) in [4.78, 5) is 24.1. The van der Waals surface area contributed by atoms with Gasteiger partial charge in [-0.05, 0) is 38.5 Å². The number of anilines is 1. The molecule has 0 bridgehead atoms. The summed E-state index contributed by atoms with van der Waals surface area (Å²) in [5.41, 5.74) is 2.10. The molecule has 0 heterocycles. The topological polar surface area (TPSA) is 58.2 Å². The molecule has 0 aromatic heterocycles. The third-order valence-electron chi connectivity index (χ3n) is 3.43. The molecule has 2 rings (SSSR count). The normalized spacial score (nSPS) is 12.0. The number of hydrogen-bond acceptors (Lipinski definition) is 3. The maximum atomic E-state index is 12.7. The monoisotopic (exact) mass is 310 g/mol. The summed E-state index contributed by atoms with van der Waals surface area (Å²) in [7, 11) is 0. The largest absolute Gasteiger partial charge is 0.324 e. The lowest BCUT2D eigenvalue weighted by atomic mass is 10.0. The van der Waals surface area contributed by atoms with Crippen LogP contribution in [0.3, 0.4) is 0 Å². The first-order valence-corrected chi connectivity index (χ1v) is 7.70. The number of nitrogens with one attached hydrogen (secondary N) is 2. The number of benzene rings is 2. The van der Waals surface area contributed by atoms with E-state index in [1.54, 1.807) is 24.3 Å². The van der Waals surface area contributed by atoms with Crippen molar-refractivity contribution in [3.8, 4) is 0 Å². The van der Waals surface area contributed by atoms with Gasteiger partial charge in [0.2, 0.25) is 5.91 Å². The molecule has 1 amide bonds. The molecule has 2 aromatic carbocycles. The smallest absolute Gasteiger partial charge is 0.246 e. The molecule has 2 aromatic rings. The molecular weight excluding hydrogens is 288 g/mol. The Morgan fingerprint density at radius 3 is 2.26 bits per heavy atom. The third-order valence-corrected chi connectivity index (χ3v) is 3.43. The van der Waals surface area contributed by atoms with E-state index in [0.29, 0.717) is 11.3 Å². The predicted molar refractivity (Wildman–Crippen MR) is 92.5 cm³/mol. The minimum atomic E-state index is -0.447. The first kappa shape index (κ1) is 16.9. The first-order valence-electron chi connectivity index (χ1n) is 7.70. The Labute approximate surface area is 136 Å². The van der Waals surface area contributed by atoms with E-state index >= 15 is 0 Å². The van der Waals surface area contributed by atoms with Crippen molar-refractivity contribution in [1.29, 1.82) is 0 Å². The van der Waals surface area contributed by atoms with Crippen LogP contribution in [0.2, 0.25) is 0 Å². The summed E-state index contributed by atoms with van der Waals surface area (Å²) in [6.45, 7) is 5.51. The van der Waals surface area contributed by atoms with Gasteiger partial charge in [-0.1, -0.05) is 42.5 Å². The van der Waals surface area contributed by atoms with Gasteiger partial charge in [0.15, 0.2) is 5.78 Å². The van der Waals surface area contributed by atoms with Crippen LogP contribution >= 0.6 is 0 Å². The Hall–Kier alpha value is -2.46. The van der Waals surface area contributed by atoms with E-state index in [0.717, 1.165) is 5.56 Å². The van der Waals surface area contributed by atoms with Gasteiger partial charge in [0.1, 0.15) is 6.04 Å². The van der Waals surface area contributed by atoms with Crippen LogP contribution in [-0.4, -0.2) is 17.7 Å². The standard InChI is InChI=1S/C19H22N2O2/c1-13(2)20-18(15-8-5-4-6-9-15)19(23)21-17-11-7-10-16(12-17)14(3)22/h4-13,18,20H,1-3H3,(H,21,23)/t18-/m0/s1. The second kappa shape index (κ2) is 7.70. The Balaban J connectivity index is 2.21. The first-order chi connectivity index (χ1) is 11.0. The summed E-state index contributed by atoms with van der Waals surface area (Å²) in [6, 6.07) is 16.3. The average Bonchev–Trinajstić information content (AvgIpc) is 2.53. The number of amides is 1. The van der Waals surface area contributed by atoms with Gasteiger partial charge in [0.25, 0.3) is 0 Å². The van der Waals surface area contributed by atoms with E-state index in [1.165, 1.54) is 6.92 Å². The molecule has 23 heavy (non-hydrogen) atoms. The molecule has 0 aliphatic rings. The van der Waals surface area contributed by atoms with Gasteiger partial charge in [0, 0.05) is 17.3 Å². The average molecular weight is 310 g/mol. The molecule has 4 nitrogen and oxygen atoms in total. The SMILES string of the molecule is CC(=O)c1cccc(NC(=O)[C@@H](NC(C)C)c2ccccc2)c1. The van der Waals surface area contributed by atoms with Gasteiger partial charge >= 0.3 is 0 Å². The maximum absolute atomic E-state index is 12.7. The van der Waals surface area contributed by atoms with Crippen LogP contribution in [0.25, 0.3) is 0 Å². The van der Waals surface area contributed by atoms with Crippen LogP contribution in [0.1, 0.15) is 42.7 Å². The summed E-state index contributed by atoms with van der Waals surface area (Å²) in [6.07, 6.45) is 0. The van der Waals surface area contributed by atoms with E-state index in [1.807, 2.05) is 44.2 Å². The molecular formula is C19H22N2O2. The molecule has 0 saturated carbocycles. The Morgan fingerprint density at radius 1 is 0.957 bits per heavy atom. The minimum Gasteiger partial charge on any atom is -0.324 e. The highest BCUT2D eigenvalue weighted by atomic mass is 16.2. The predicted octanol–water partition coefficient (Wildman–Crippen LogP) is 3.57. The molecule has 120 valence electrons. The lowest BCUT2D eigenvalue weighted by Crippen LogP contribution is -2.36. The van der Waals surface area contributed by atoms with Gasteiger partial charge in [-0.15, -0.1) is 0 Å². The van der Waals surface area contributed by atoms with Crippen molar-refractivity contribution in [3.05, 3.63) is 65.7 Å². The van der Waals surface area contributed by atoms with Crippen LogP contribution < -0.4 is 10.6 Å². The number of ketones is 1. The molecule has 2 N–H and O–H groups in total. The van der Waals surface area contributed by atoms with Gasteiger partial charge in [0.05, 0.1) is 0 Å². The van der Waals surface area contributed by atoms with Crippen molar-refractivity contribution >= 4 is 17.4 Å². The third kappa shape index (κ3) is 4.76. The summed E-state index contributed by atoms with van der Waals surface area (Å²) < 4.78 is 0. The number of Topliss-reactive ketones (excluding diaryl/α,β-unsaturated/α-hetero) is 1. The van der Waals surface area contributed by atoms with Gasteiger partial charge in [-0.25, -0.2) is 0 Å². The zero-order chi connectivity index (χ0) is 16.8. The maximum Gasteiger partial charge on any atom is 0.246 e. The highest BCUT2D eigenvalue weighted by molar-refractivity contribution is 5.98. The molecule has 0 spiro atoms. The quantitative estimate of drug-likeness (QED) is 0.802. The van der Waals surface area contributed by atoms with Crippen LogP contribution in [-0.2, 0) is 4.79 Å².